The van der Waals surface area contributed by atoms with Crippen molar-refractivity contribution in [2.45, 2.75) is 20.8 Å². The molecule has 0 saturated heterocycles. The first-order chi connectivity index (χ1) is 18.5. The Morgan fingerprint density at radius 3 is 2.15 bits per heavy atom. The average molecular weight is 525 g/mol. The predicted octanol–water partition coefficient (Wildman–Crippen LogP) is 5.56. The van der Waals surface area contributed by atoms with E-state index in [-0.39, 0.29) is 34.4 Å². The number of amides is 2. The normalized spacial score (nSPS) is 10.9. The number of nitrogen functional groups attached to an aromatic ring is 1. The van der Waals surface area contributed by atoms with Gasteiger partial charge in [0.25, 0.3) is 11.8 Å². The Kier molecular flexibility index (Phi) is 9.17. The maximum atomic E-state index is 13.5. The predicted molar refractivity (Wildman–Crippen MR) is 155 cm³/mol. The molecular weight excluding hydrogens is 492 g/mol. The Bertz CT molecular complexity index is 1470. The molecule has 2 amide bonds. The SMILES string of the molecule is C=C(C)C=Cc1ccc(-c2ccc(C(=O)NCC(C)C)cc2C(=O)O)c(C(=O)Nc2ccc(C(=N)N)cc2)c1. The third-order valence-electron chi connectivity index (χ3n) is 5.78. The number of hydrogen-bond donors (Lipinski definition) is 5. The highest BCUT2D eigenvalue weighted by Crippen LogP contribution is 2.30. The Labute approximate surface area is 227 Å². The molecule has 0 spiro atoms. The maximum Gasteiger partial charge on any atom is 0.336 e. The Hall–Kier alpha value is -4.98. The number of carbonyl (C=O) groups excluding carboxylic acids is 2. The number of benzene rings is 3. The van der Waals surface area contributed by atoms with Gasteiger partial charge in [0, 0.05) is 28.9 Å². The number of amidine groups is 1. The number of aromatic carboxylic acids is 1. The minimum Gasteiger partial charge on any atom is -0.478 e. The van der Waals surface area contributed by atoms with Crippen molar-refractivity contribution < 1.29 is 19.5 Å². The summed E-state index contributed by atoms with van der Waals surface area (Å²) in [6, 6.07) is 16.1. The summed E-state index contributed by atoms with van der Waals surface area (Å²) in [7, 11) is 0. The van der Waals surface area contributed by atoms with Crippen LogP contribution in [0.4, 0.5) is 5.69 Å². The van der Waals surface area contributed by atoms with E-state index in [0.29, 0.717) is 28.9 Å². The third-order valence-corrected chi connectivity index (χ3v) is 5.78. The van der Waals surface area contributed by atoms with Crippen LogP contribution in [0.3, 0.4) is 0 Å². The minimum atomic E-state index is -1.22. The lowest BCUT2D eigenvalue weighted by Gasteiger charge is -2.15. The fourth-order valence-corrected chi connectivity index (χ4v) is 3.75. The average Bonchev–Trinajstić information content (AvgIpc) is 2.90. The summed E-state index contributed by atoms with van der Waals surface area (Å²) in [5.74, 6) is -1.90. The highest BCUT2D eigenvalue weighted by molar-refractivity contribution is 6.11. The lowest BCUT2D eigenvalue weighted by Crippen LogP contribution is -2.27. The summed E-state index contributed by atoms with van der Waals surface area (Å²) >= 11 is 0. The van der Waals surface area contributed by atoms with Gasteiger partial charge in [0.2, 0.25) is 0 Å². The molecule has 0 saturated carbocycles. The molecule has 0 aliphatic carbocycles. The Morgan fingerprint density at radius 2 is 1.56 bits per heavy atom. The molecule has 0 bridgehead atoms. The Morgan fingerprint density at radius 1 is 0.949 bits per heavy atom. The Balaban J connectivity index is 2.08. The number of nitrogens with one attached hydrogen (secondary N) is 3. The summed E-state index contributed by atoms with van der Waals surface area (Å²) in [5.41, 5.74) is 9.12. The van der Waals surface area contributed by atoms with E-state index in [1.807, 2.05) is 32.9 Å². The lowest BCUT2D eigenvalue weighted by molar-refractivity contribution is 0.0697. The van der Waals surface area contributed by atoms with E-state index in [4.69, 9.17) is 11.1 Å². The number of carboxylic acids is 1. The molecule has 3 rings (SSSR count). The number of carboxylic acid groups (broad SMARTS) is 1. The highest BCUT2D eigenvalue weighted by atomic mass is 16.4. The summed E-state index contributed by atoms with van der Waals surface area (Å²) in [6.45, 7) is 10.1. The van der Waals surface area contributed by atoms with E-state index in [0.717, 1.165) is 11.1 Å². The van der Waals surface area contributed by atoms with Crippen LogP contribution in [0.15, 0.2) is 78.9 Å². The van der Waals surface area contributed by atoms with Crippen LogP contribution in [0.5, 0.6) is 0 Å². The summed E-state index contributed by atoms with van der Waals surface area (Å²) < 4.78 is 0. The smallest absolute Gasteiger partial charge is 0.336 e. The zero-order valence-electron chi connectivity index (χ0n) is 22.2. The number of nitrogens with two attached hydrogens (primary N) is 1. The van der Waals surface area contributed by atoms with E-state index in [9.17, 15) is 19.5 Å². The van der Waals surface area contributed by atoms with Gasteiger partial charge >= 0.3 is 5.97 Å². The van der Waals surface area contributed by atoms with Crippen molar-refractivity contribution in [2.75, 3.05) is 11.9 Å². The quantitative estimate of drug-likeness (QED) is 0.134. The van der Waals surface area contributed by atoms with Crippen molar-refractivity contribution in [1.82, 2.24) is 5.32 Å². The molecule has 0 aliphatic rings. The third kappa shape index (κ3) is 7.52. The first-order valence-electron chi connectivity index (χ1n) is 12.4. The molecule has 0 heterocycles. The molecule has 0 aromatic heterocycles. The molecule has 200 valence electrons. The topological polar surface area (TPSA) is 145 Å². The van der Waals surface area contributed by atoms with Gasteiger partial charge in [-0.05, 0) is 72.0 Å². The number of carbonyl (C=O) groups is 3. The molecule has 6 N–H and O–H groups in total. The van der Waals surface area contributed by atoms with E-state index < -0.39 is 11.9 Å². The first-order valence-corrected chi connectivity index (χ1v) is 12.4. The fraction of sp³-hybridized carbons (Fsp3) is 0.161. The van der Waals surface area contributed by atoms with Crippen LogP contribution in [-0.4, -0.2) is 35.3 Å². The van der Waals surface area contributed by atoms with Gasteiger partial charge in [-0.25, -0.2) is 4.79 Å². The second kappa shape index (κ2) is 12.5. The van der Waals surface area contributed by atoms with Gasteiger partial charge in [0.1, 0.15) is 5.84 Å². The van der Waals surface area contributed by atoms with Crippen LogP contribution in [0, 0.1) is 11.3 Å². The highest BCUT2D eigenvalue weighted by Gasteiger charge is 2.21. The summed E-state index contributed by atoms with van der Waals surface area (Å²) in [6.07, 6.45) is 3.62. The second-order valence-corrected chi connectivity index (χ2v) is 9.60. The number of anilines is 1. The molecule has 0 atom stereocenters. The number of allylic oxidation sites excluding steroid dienone is 2. The first kappa shape index (κ1) is 28.6. The van der Waals surface area contributed by atoms with Crippen LogP contribution >= 0.6 is 0 Å². The van der Waals surface area contributed by atoms with Crippen molar-refractivity contribution in [2.24, 2.45) is 11.7 Å². The van der Waals surface area contributed by atoms with Crippen LogP contribution in [0.2, 0.25) is 0 Å². The van der Waals surface area contributed by atoms with E-state index in [2.05, 4.69) is 17.2 Å². The van der Waals surface area contributed by atoms with E-state index in [1.165, 1.54) is 6.07 Å². The van der Waals surface area contributed by atoms with Crippen molar-refractivity contribution >= 4 is 35.4 Å². The number of rotatable bonds is 10. The van der Waals surface area contributed by atoms with Gasteiger partial charge in [-0.15, -0.1) is 0 Å². The second-order valence-electron chi connectivity index (χ2n) is 9.60. The molecule has 0 unspecified atom stereocenters. The lowest BCUT2D eigenvalue weighted by atomic mass is 9.92. The molecule has 0 fully saturated rings. The van der Waals surface area contributed by atoms with Gasteiger partial charge in [0.05, 0.1) is 5.56 Å². The zero-order valence-corrected chi connectivity index (χ0v) is 22.2. The van der Waals surface area contributed by atoms with Crippen molar-refractivity contribution in [1.29, 1.82) is 5.41 Å². The molecule has 8 nitrogen and oxygen atoms in total. The fourth-order valence-electron chi connectivity index (χ4n) is 3.75. The molecule has 0 radical (unpaired) electrons. The van der Waals surface area contributed by atoms with Gasteiger partial charge in [-0.2, -0.15) is 0 Å². The zero-order chi connectivity index (χ0) is 28.7. The van der Waals surface area contributed by atoms with E-state index in [1.54, 1.807) is 54.6 Å². The van der Waals surface area contributed by atoms with Crippen molar-refractivity contribution in [3.8, 4) is 11.1 Å². The molecule has 39 heavy (non-hydrogen) atoms. The number of hydrogen-bond acceptors (Lipinski definition) is 4. The van der Waals surface area contributed by atoms with Gasteiger partial charge in [-0.1, -0.05) is 56.4 Å². The molecule has 3 aromatic carbocycles. The van der Waals surface area contributed by atoms with Crippen LogP contribution < -0.4 is 16.4 Å². The van der Waals surface area contributed by atoms with Crippen molar-refractivity contribution in [3.05, 3.63) is 107 Å². The maximum absolute atomic E-state index is 13.5. The summed E-state index contributed by atoms with van der Waals surface area (Å²) in [4.78, 5) is 38.3. The minimum absolute atomic E-state index is 0.0882. The largest absolute Gasteiger partial charge is 0.478 e. The van der Waals surface area contributed by atoms with Crippen LogP contribution in [-0.2, 0) is 0 Å². The van der Waals surface area contributed by atoms with Crippen LogP contribution in [0.25, 0.3) is 17.2 Å². The molecular formula is C31H32N4O4. The molecule has 0 aliphatic heterocycles. The van der Waals surface area contributed by atoms with Gasteiger partial charge in [0.15, 0.2) is 0 Å². The molecule has 8 heteroatoms. The van der Waals surface area contributed by atoms with E-state index >= 15 is 0 Å². The molecule has 3 aromatic rings. The van der Waals surface area contributed by atoms with Crippen molar-refractivity contribution in [3.63, 3.8) is 0 Å². The monoisotopic (exact) mass is 524 g/mol. The van der Waals surface area contributed by atoms with Gasteiger partial charge < -0.3 is 21.5 Å². The standard InChI is InChI=1S/C31H32N4O4/c1-18(2)5-6-20-7-13-24(26(15-20)30(37)35-23-11-8-21(9-12-23)28(32)33)25-14-10-22(16-27(25)31(38)39)29(36)34-17-19(3)4/h5-16,19H,1,17H2,2-4H3,(H3,32,33)(H,34,36)(H,35,37)(H,38,39). The van der Waals surface area contributed by atoms with Crippen LogP contribution in [0.1, 0.15) is 63.0 Å². The van der Waals surface area contributed by atoms with Gasteiger partial charge in [-0.3, -0.25) is 15.0 Å². The summed E-state index contributed by atoms with van der Waals surface area (Å²) in [5, 5.41) is 23.2.